The standard InChI is InChI=1S/C12H10F2N4O2/c13-8-1-2-9(18(19)20)11(14)10(8)12-16-5-7(3-4-15)6-17-12/h1-2,5-6H,3-4,15H2. The molecule has 20 heavy (non-hydrogen) atoms. The molecular formula is C12H10F2N4O2. The Balaban J connectivity index is 2.51. The Hall–Kier alpha value is -2.48. The summed E-state index contributed by atoms with van der Waals surface area (Å²) in [5.41, 5.74) is 4.64. The number of hydrogen-bond donors (Lipinski definition) is 1. The van der Waals surface area contributed by atoms with Crippen LogP contribution >= 0.6 is 0 Å². The summed E-state index contributed by atoms with van der Waals surface area (Å²) in [6.45, 7) is 0.391. The topological polar surface area (TPSA) is 94.9 Å². The van der Waals surface area contributed by atoms with Crippen molar-refractivity contribution in [3.63, 3.8) is 0 Å². The van der Waals surface area contributed by atoms with Gasteiger partial charge >= 0.3 is 5.69 Å². The van der Waals surface area contributed by atoms with E-state index in [0.717, 1.165) is 12.1 Å². The Bertz CT molecular complexity index is 647. The fraction of sp³-hybridized carbons (Fsp3) is 0.167. The first-order valence-electron chi connectivity index (χ1n) is 5.68. The average molecular weight is 280 g/mol. The molecule has 2 rings (SSSR count). The zero-order valence-corrected chi connectivity index (χ0v) is 10.2. The van der Waals surface area contributed by atoms with Gasteiger partial charge in [-0.3, -0.25) is 10.1 Å². The normalized spacial score (nSPS) is 10.6. The summed E-state index contributed by atoms with van der Waals surface area (Å²) < 4.78 is 27.6. The van der Waals surface area contributed by atoms with Gasteiger partial charge in [0.2, 0.25) is 5.82 Å². The molecule has 0 saturated heterocycles. The minimum Gasteiger partial charge on any atom is -0.330 e. The second-order valence-corrected chi connectivity index (χ2v) is 3.97. The fourth-order valence-corrected chi connectivity index (χ4v) is 1.67. The molecule has 1 aromatic carbocycles. The molecule has 0 aliphatic heterocycles. The van der Waals surface area contributed by atoms with Gasteiger partial charge in [-0.25, -0.2) is 14.4 Å². The van der Waals surface area contributed by atoms with E-state index in [9.17, 15) is 18.9 Å². The number of nitrogens with two attached hydrogens (primary N) is 1. The van der Waals surface area contributed by atoms with Crippen molar-refractivity contribution in [1.82, 2.24) is 9.97 Å². The molecule has 6 nitrogen and oxygen atoms in total. The van der Waals surface area contributed by atoms with Crippen molar-refractivity contribution >= 4 is 5.69 Å². The Morgan fingerprint density at radius 1 is 1.25 bits per heavy atom. The van der Waals surface area contributed by atoms with Crippen LogP contribution in [-0.4, -0.2) is 21.4 Å². The van der Waals surface area contributed by atoms with Crippen molar-refractivity contribution in [2.24, 2.45) is 5.73 Å². The highest BCUT2D eigenvalue weighted by Crippen LogP contribution is 2.29. The molecule has 1 aromatic heterocycles. The van der Waals surface area contributed by atoms with E-state index in [4.69, 9.17) is 5.73 Å². The van der Waals surface area contributed by atoms with Gasteiger partial charge in [-0.1, -0.05) is 0 Å². The molecule has 104 valence electrons. The highest BCUT2D eigenvalue weighted by molar-refractivity contribution is 5.61. The number of nitrogens with zero attached hydrogens (tertiary/aromatic N) is 3. The van der Waals surface area contributed by atoms with Crippen molar-refractivity contribution in [3.05, 3.63) is 51.8 Å². The number of halogens is 2. The lowest BCUT2D eigenvalue weighted by molar-refractivity contribution is -0.387. The van der Waals surface area contributed by atoms with Crippen molar-refractivity contribution in [1.29, 1.82) is 0 Å². The molecule has 0 bridgehead atoms. The minimum absolute atomic E-state index is 0.246. The van der Waals surface area contributed by atoms with E-state index in [1.807, 2.05) is 0 Å². The SMILES string of the molecule is NCCc1cnc(-c2c(F)ccc([N+](=O)[O-])c2F)nc1. The summed E-state index contributed by atoms with van der Waals surface area (Å²) in [5.74, 6) is -2.49. The molecule has 0 aliphatic rings. The van der Waals surface area contributed by atoms with Gasteiger partial charge in [0, 0.05) is 18.5 Å². The van der Waals surface area contributed by atoms with Crippen LogP contribution in [0.2, 0.25) is 0 Å². The molecule has 2 N–H and O–H groups in total. The number of nitro benzene ring substituents is 1. The molecule has 0 radical (unpaired) electrons. The zero-order valence-electron chi connectivity index (χ0n) is 10.2. The number of benzene rings is 1. The summed E-state index contributed by atoms with van der Waals surface area (Å²) in [4.78, 5) is 17.4. The highest BCUT2D eigenvalue weighted by Gasteiger charge is 2.24. The largest absolute Gasteiger partial charge is 0.330 e. The van der Waals surface area contributed by atoms with Gasteiger partial charge in [-0.05, 0) is 24.6 Å². The lowest BCUT2D eigenvalue weighted by Gasteiger charge is -2.05. The number of nitro groups is 1. The maximum Gasteiger partial charge on any atom is 0.305 e. The second kappa shape index (κ2) is 5.66. The summed E-state index contributed by atoms with van der Waals surface area (Å²) in [6.07, 6.45) is 3.29. The lowest BCUT2D eigenvalue weighted by Crippen LogP contribution is -2.05. The molecule has 0 aliphatic carbocycles. The third-order valence-corrected chi connectivity index (χ3v) is 2.63. The molecule has 8 heteroatoms. The lowest BCUT2D eigenvalue weighted by atomic mass is 10.1. The quantitative estimate of drug-likeness (QED) is 0.681. The van der Waals surface area contributed by atoms with E-state index in [-0.39, 0.29) is 5.82 Å². The maximum absolute atomic E-state index is 13.9. The minimum atomic E-state index is -1.29. The van der Waals surface area contributed by atoms with Crippen molar-refractivity contribution in [2.45, 2.75) is 6.42 Å². The van der Waals surface area contributed by atoms with Gasteiger partial charge in [0.25, 0.3) is 0 Å². The van der Waals surface area contributed by atoms with Crippen LogP contribution in [0.25, 0.3) is 11.4 Å². The molecule has 0 amide bonds. The van der Waals surface area contributed by atoms with Crippen LogP contribution in [0.15, 0.2) is 24.5 Å². The van der Waals surface area contributed by atoms with E-state index in [1.54, 1.807) is 0 Å². The van der Waals surface area contributed by atoms with E-state index in [0.29, 0.717) is 18.5 Å². The molecular weight excluding hydrogens is 270 g/mol. The fourth-order valence-electron chi connectivity index (χ4n) is 1.67. The first-order valence-corrected chi connectivity index (χ1v) is 5.68. The summed E-state index contributed by atoms with van der Waals surface area (Å²) in [7, 11) is 0. The van der Waals surface area contributed by atoms with E-state index in [2.05, 4.69) is 9.97 Å². The first-order chi connectivity index (χ1) is 9.54. The van der Waals surface area contributed by atoms with Crippen LogP contribution in [0.3, 0.4) is 0 Å². The highest BCUT2D eigenvalue weighted by atomic mass is 19.1. The van der Waals surface area contributed by atoms with Gasteiger partial charge in [0.05, 0.1) is 10.5 Å². The van der Waals surface area contributed by atoms with Crippen LogP contribution in [0, 0.1) is 21.7 Å². The van der Waals surface area contributed by atoms with Crippen molar-refractivity contribution < 1.29 is 13.7 Å². The third-order valence-electron chi connectivity index (χ3n) is 2.63. The van der Waals surface area contributed by atoms with Crippen LogP contribution in [0.5, 0.6) is 0 Å². The van der Waals surface area contributed by atoms with Gasteiger partial charge in [-0.2, -0.15) is 4.39 Å². The number of rotatable bonds is 4. The van der Waals surface area contributed by atoms with Gasteiger partial charge in [-0.15, -0.1) is 0 Å². The van der Waals surface area contributed by atoms with Gasteiger partial charge in [0.15, 0.2) is 5.82 Å². The van der Waals surface area contributed by atoms with Crippen LogP contribution in [0.4, 0.5) is 14.5 Å². The van der Waals surface area contributed by atoms with Gasteiger partial charge in [0.1, 0.15) is 5.82 Å². The molecule has 0 fully saturated rings. The molecule has 0 spiro atoms. The Labute approximate surface area is 112 Å². The van der Waals surface area contributed by atoms with Crippen LogP contribution < -0.4 is 5.73 Å². The van der Waals surface area contributed by atoms with Crippen LogP contribution in [0.1, 0.15) is 5.56 Å². The Morgan fingerprint density at radius 3 is 2.45 bits per heavy atom. The smallest absolute Gasteiger partial charge is 0.305 e. The summed E-state index contributed by atoms with van der Waals surface area (Å²) >= 11 is 0. The van der Waals surface area contributed by atoms with Crippen LogP contribution in [-0.2, 0) is 6.42 Å². The molecule has 0 unspecified atom stereocenters. The van der Waals surface area contributed by atoms with Gasteiger partial charge < -0.3 is 5.73 Å². The van der Waals surface area contributed by atoms with Crippen molar-refractivity contribution in [3.8, 4) is 11.4 Å². The molecule has 2 aromatic rings. The second-order valence-electron chi connectivity index (χ2n) is 3.97. The monoisotopic (exact) mass is 280 g/mol. The first kappa shape index (κ1) is 13.9. The number of aromatic nitrogens is 2. The Morgan fingerprint density at radius 2 is 1.90 bits per heavy atom. The van der Waals surface area contributed by atoms with E-state index < -0.39 is 27.8 Å². The predicted molar refractivity (Wildman–Crippen MR) is 66.8 cm³/mol. The zero-order chi connectivity index (χ0) is 14.7. The average Bonchev–Trinajstić information content (AvgIpc) is 2.40. The number of hydrogen-bond acceptors (Lipinski definition) is 5. The van der Waals surface area contributed by atoms with Crippen molar-refractivity contribution in [2.75, 3.05) is 6.54 Å². The molecule has 0 atom stereocenters. The predicted octanol–water partition coefficient (Wildman–Crippen LogP) is 1.83. The van der Waals surface area contributed by atoms with E-state index in [1.165, 1.54) is 12.4 Å². The maximum atomic E-state index is 13.9. The molecule has 1 heterocycles. The third kappa shape index (κ3) is 2.59. The summed E-state index contributed by atoms with van der Waals surface area (Å²) in [5, 5.41) is 10.6. The summed E-state index contributed by atoms with van der Waals surface area (Å²) in [6, 6.07) is 1.57. The molecule has 0 saturated carbocycles. The van der Waals surface area contributed by atoms with E-state index >= 15 is 0 Å². The Kier molecular flexibility index (Phi) is 3.94.